The number of rotatable bonds is 5. The van der Waals surface area contributed by atoms with E-state index < -0.39 is 0 Å². The van der Waals surface area contributed by atoms with Crippen molar-refractivity contribution in [2.45, 2.75) is 12.8 Å². The molecule has 0 bridgehead atoms. The lowest BCUT2D eigenvalue weighted by Gasteiger charge is -2.16. The Balaban J connectivity index is 2.11. The van der Waals surface area contributed by atoms with Crippen LogP contribution in [0.25, 0.3) is 0 Å². The molecule has 0 amide bonds. The highest BCUT2D eigenvalue weighted by Gasteiger charge is 2.13. The van der Waals surface area contributed by atoms with E-state index in [1.54, 1.807) is 0 Å². The maximum Gasteiger partial charge on any atom is 0.0449 e. The van der Waals surface area contributed by atoms with E-state index in [1.165, 1.54) is 0 Å². The van der Waals surface area contributed by atoms with Gasteiger partial charge in [0.2, 0.25) is 0 Å². The Morgan fingerprint density at radius 1 is 0.900 bits per heavy atom. The van der Waals surface area contributed by atoms with Crippen LogP contribution in [0.5, 0.6) is 0 Å². The highest BCUT2D eigenvalue weighted by atomic mass is 79.9. The summed E-state index contributed by atoms with van der Waals surface area (Å²) in [6, 6.07) is 13.9. The van der Waals surface area contributed by atoms with E-state index in [2.05, 4.69) is 15.9 Å². The van der Waals surface area contributed by atoms with Crippen LogP contribution in [0.3, 0.4) is 0 Å². The van der Waals surface area contributed by atoms with E-state index in [0.717, 1.165) is 38.5 Å². The molecule has 1 atom stereocenters. The van der Waals surface area contributed by atoms with E-state index >= 15 is 0 Å². The molecule has 0 spiro atoms. The molecular formula is C16H14BrCl3. The maximum atomic E-state index is 6.27. The van der Waals surface area contributed by atoms with Crippen LogP contribution >= 0.6 is 50.7 Å². The number of halogens is 4. The van der Waals surface area contributed by atoms with Crippen molar-refractivity contribution < 1.29 is 0 Å². The highest BCUT2D eigenvalue weighted by molar-refractivity contribution is 9.10. The zero-order valence-electron chi connectivity index (χ0n) is 10.8. The lowest BCUT2D eigenvalue weighted by molar-refractivity contribution is 0.584. The van der Waals surface area contributed by atoms with Crippen LogP contribution in [-0.2, 0) is 12.8 Å². The maximum absolute atomic E-state index is 6.27. The lowest BCUT2D eigenvalue weighted by atomic mass is 9.94. The van der Waals surface area contributed by atoms with Gasteiger partial charge < -0.3 is 0 Å². The predicted molar refractivity (Wildman–Crippen MR) is 92.2 cm³/mol. The lowest BCUT2D eigenvalue weighted by Crippen LogP contribution is -2.11. The minimum Gasteiger partial charge on any atom is -0.126 e. The molecule has 0 nitrogen and oxygen atoms in total. The molecule has 106 valence electrons. The van der Waals surface area contributed by atoms with Gasteiger partial charge in [-0.05, 0) is 48.1 Å². The second-order valence-corrected chi connectivity index (χ2v) is 6.79. The fraction of sp³-hybridized carbons (Fsp3) is 0.250. The van der Waals surface area contributed by atoms with Crippen LogP contribution < -0.4 is 0 Å². The molecule has 0 aliphatic rings. The summed E-state index contributed by atoms with van der Waals surface area (Å²) in [7, 11) is 0. The summed E-state index contributed by atoms with van der Waals surface area (Å²) in [5.74, 6) is 0.896. The molecule has 0 aromatic heterocycles. The van der Waals surface area contributed by atoms with Gasteiger partial charge in [-0.3, -0.25) is 0 Å². The molecule has 0 radical (unpaired) electrons. The molecule has 0 saturated heterocycles. The third kappa shape index (κ3) is 4.39. The van der Waals surface area contributed by atoms with Crippen LogP contribution in [0, 0.1) is 5.92 Å². The zero-order valence-corrected chi connectivity index (χ0v) is 14.6. The molecule has 1 unspecified atom stereocenters. The van der Waals surface area contributed by atoms with Crippen LogP contribution in [0.2, 0.25) is 10.0 Å². The van der Waals surface area contributed by atoms with Crippen LogP contribution in [0.1, 0.15) is 11.1 Å². The van der Waals surface area contributed by atoms with Gasteiger partial charge in [0.1, 0.15) is 0 Å². The van der Waals surface area contributed by atoms with Gasteiger partial charge >= 0.3 is 0 Å². The molecule has 0 N–H and O–H groups in total. The molecule has 20 heavy (non-hydrogen) atoms. The second kappa shape index (κ2) is 7.70. The van der Waals surface area contributed by atoms with Gasteiger partial charge in [-0.15, -0.1) is 11.6 Å². The number of alkyl halides is 1. The van der Waals surface area contributed by atoms with Gasteiger partial charge in [0.15, 0.2) is 0 Å². The Morgan fingerprint density at radius 2 is 1.55 bits per heavy atom. The minimum absolute atomic E-state index is 0.315. The van der Waals surface area contributed by atoms with Gasteiger partial charge in [-0.25, -0.2) is 0 Å². The number of hydrogen-bond acceptors (Lipinski definition) is 0. The van der Waals surface area contributed by atoms with E-state index in [-0.39, 0.29) is 0 Å². The monoisotopic (exact) mass is 390 g/mol. The number of hydrogen-bond donors (Lipinski definition) is 0. The Kier molecular flexibility index (Phi) is 6.22. The van der Waals surface area contributed by atoms with E-state index in [0.29, 0.717) is 11.8 Å². The third-order valence-electron chi connectivity index (χ3n) is 3.21. The molecule has 2 aromatic rings. The van der Waals surface area contributed by atoms with Gasteiger partial charge in [-0.2, -0.15) is 0 Å². The molecule has 0 saturated carbocycles. The van der Waals surface area contributed by atoms with Crippen molar-refractivity contribution in [2.24, 2.45) is 5.92 Å². The minimum atomic E-state index is 0.315. The molecule has 0 aliphatic carbocycles. The standard InChI is InChI=1S/C16H14BrCl3/c17-14-6-5-13(16(20)9-14)8-11(10-18)7-12-3-1-2-4-15(12)19/h1-6,9,11H,7-8,10H2. The SMILES string of the molecule is ClCC(Cc1ccccc1Cl)Cc1ccc(Br)cc1Cl. The fourth-order valence-electron chi connectivity index (χ4n) is 2.15. The summed E-state index contributed by atoms with van der Waals surface area (Å²) in [4.78, 5) is 0. The van der Waals surface area contributed by atoms with Crippen LogP contribution in [-0.4, -0.2) is 5.88 Å². The van der Waals surface area contributed by atoms with E-state index in [1.807, 2.05) is 42.5 Å². The topological polar surface area (TPSA) is 0 Å². The molecule has 4 heteroatoms. The Morgan fingerprint density at radius 3 is 2.15 bits per heavy atom. The first kappa shape index (κ1) is 16.2. The number of benzene rings is 2. The van der Waals surface area contributed by atoms with Crippen molar-refractivity contribution in [3.8, 4) is 0 Å². The average molecular weight is 393 g/mol. The van der Waals surface area contributed by atoms with E-state index in [4.69, 9.17) is 34.8 Å². The van der Waals surface area contributed by atoms with Gasteiger partial charge in [0.25, 0.3) is 0 Å². The summed E-state index contributed by atoms with van der Waals surface area (Å²) in [6.07, 6.45) is 1.70. The predicted octanol–water partition coefficient (Wildman–Crippen LogP) is 6.40. The Hall–Kier alpha value is -0.210. The van der Waals surface area contributed by atoms with Crippen LogP contribution in [0.4, 0.5) is 0 Å². The smallest absolute Gasteiger partial charge is 0.0449 e. The highest BCUT2D eigenvalue weighted by Crippen LogP contribution is 2.27. The third-order valence-corrected chi connectivity index (χ3v) is 4.86. The molecular weight excluding hydrogens is 378 g/mol. The summed E-state index contributed by atoms with van der Waals surface area (Å²) in [6.45, 7) is 0. The summed E-state index contributed by atoms with van der Waals surface area (Å²) < 4.78 is 0.986. The van der Waals surface area contributed by atoms with Gasteiger partial charge in [-0.1, -0.05) is 63.4 Å². The molecule has 2 rings (SSSR count). The summed E-state index contributed by atoms with van der Waals surface area (Å²) in [5, 5.41) is 1.57. The largest absolute Gasteiger partial charge is 0.126 e. The average Bonchev–Trinajstić information content (AvgIpc) is 2.43. The van der Waals surface area contributed by atoms with Crippen molar-refractivity contribution in [3.63, 3.8) is 0 Å². The molecule has 0 heterocycles. The van der Waals surface area contributed by atoms with Crippen molar-refractivity contribution in [3.05, 3.63) is 68.1 Å². The molecule has 2 aromatic carbocycles. The van der Waals surface area contributed by atoms with Gasteiger partial charge in [0.05, 0.1) is 0 Å². The second-order valence-electron chi connectivity index (χ2n) is 4.76. The Bertz CT molecular complexity index is 584. The quantitative estimate of drug-likeness (QED) is 0.517. The Labute approximate surface area is 143 Å². The molecule has 0 aliphatic heterocycles. The van der Waals surface area contributed by atoms with Gasteiger partial charge in [0, 0.05) is 20.4 Å². The van der Waals surface area contributed by atoms with Crippen molar-refractivity contribution >= 4 is 50.7 Å². The summed E-state index contributed by atoms with van der Waals surface area (Å²) >= 11 is 22.0. The van der Waals surface area contributed by atoms with Crippen LogP contribution in [0.15, 0.2) is 46.9 Å². The van der Waals surface area contributed by atoms with Crippen molar-refractivity contribution in [1.29, 1.82) is 0 Å². The van der Waals surface area contributed by atoms with Crippen molar-refractivity contribution in [1.82, 2.24) is 0 Å². The summed E-state index contributed by atoms with van der Waals surface area (Å²) in [5.41, 5.74) is 2.25. The molecule has 0 fully saturated rings. The fourth-order valence-corrected chi connectivity index (χ4v) is 3.34. The van der Waals surface area contributed by atoms with E-state index in [9.17, 15) is 0 Å². The van der Waals surface area contributed by atoms with Crippen molar-refractivity contribution in [2.75, 3.05) is 5.88 Å². The first-order valence-corrected chi connectivity index (χ1v) is 8.41. The first-order valence-electron chi connectivity index (χ1n) is 6.33. The normalized spacial score (nSPS) is 12.4. The zero-order chi connectivity index (χ0) is 14.5. The first-order chi connectivity index (χ1) is 9.60.